The van der Waals surface area contributed by atoms with Gasteiger partial charge in [-0.2, -0.15) is 0 Å². The molecule has 1 heterocycles. The molecule has 0 aliphatic rings. The number of aromatic nitrogens is 2. The third kappa shape index (κ3) is 5.56. The highest BCUT2D eigenvalue weighted by Gasteiger charge is 2.16. The SMILES string of the molecule is CC(SCC(=O)NCC(=O)NC(C)(C)C)c1nc2ccccc2[nH]1. The monoisotopic (exact) mass is 348 g/mol. The molecule has 1 aromatic heterocycles. The number of hydrogen-bond acceptors (Lipinski definition) is 4. The Labute approximate surface area is 146 Å². The van der Waals surface area contributed by atoms with E-state index in [-0.39, 0.29) is 34.9 Å². The molecule has 2 aromatic rings. The van der Waals surface area contributed by atoms with E-state index >= 15 is 0 Å². The Balaban J connectivity index is 1.77. The van der Waals surface area contributed by atoms with Gasteiger partial charge in [-0.05, 0) is 39.8 Å². The van der Waals surface area contributed by atoms with E-state index in [1.807, 2.05) is 52.0 Å². The Bertz CT molecular complexity index is 688. The molecule has 24 heavy (non-hydrogen) atoms. The average molecular weight is 348 g/mol. The summed E-state index contributed by atoms with van der Waals surface area (Å²) in [6, 6.07) is 7.83. The smallest absolute Gasteiger partial charge is 0.239 e. The average Bonchev–Trinajstić information content (AvgIpc) is 2.93. The van der Waals surface area contributed by atoms with Crippen LogP contribution in [-0.4, -0.2) is 39.6 Å². The van der Waals surface area contributed by atoms with Crippen LogP contribution in [0.2, 0.25) is 0 Å². The molecule has 0 aliphatic heterocycles. The van der Waals surface area contributed by atoms with Crippen LogP contribution in [0.5, 0.6) is 0 Å². The predicted octanol–water partition coefficient (Wildman–Crippen LogP) is 2.39. The summed E-state index contributed by atoms with van der Waals surface area (Å²) < 4.78 is 0. The molecular weight excluding hydrogens is 324 g/mol. The molecule has 2 amide bonds. The van der Waals surface area contributed by atoms with Gasteiger partial charge >= 0.3 is 0 Å². The number of fused-ring (bicyclic) bond motifs is 1. The summed E-state index contributed by atoms with van der Waals surface area (Å²) in [7, 11) is 0. The van der Waals surface area contributed by atoms with Gasteiger partial charge in [0.15, 0.2) is 0 Å². The van der Waals surface area contributed by atoms with Gasteiger partial charge in [-0.1, -0.05) is 12.1 Å². The number of nitrogens with zero attached hydrogens (tertiary/aromatic N) is 1. The normalized spacial score (nSPS) is 12.8. The van der Waals surface area contributed by atoms with Gasteiger partial charge < -0.3 is 15.6 Å². The number of nitrogens with one attached hydrogen (secondary N) is 3. The van der Waals surface area contributed by atoms with Crippen LogP contribution in [0.25, 0.3) is 11.0 Å². The molecule has 7 heteroatoms. The minimum atomic E-state index is -0.299. The molecule has 0 bridgehead atoms. The van der Waals surface area contributed by atoms with Crippen molar-refractivity contribution in [2.45, 2.75) is 38.5 Å². The van der Waals surface area contributed by atoms with Crippen LogP contribution in [0.4, 0.5) is 0 Å². The first kappa shape index (κ1) is 18.3. The fourth-order valence-corrected chi connectivity index (χ4v) is 2.91. The molecule has 6 nitrogen and oxygen atoms in total. The Kier molecular flexibility index (Phi) is 5.88. The molecule has 0 saturated carbocycles. The Morgan fingerprint density at radius 1 is 1.25 bits per heavy atom. The highest BCUT2D eigenvalue weighted by Crippen LogP contribution is 2.27. The van der Waals surface area contributed by atoms with E-state index in [2.05, 4.69) is 20.6 Å². The van der Waals surface area contributed by atoms with E-state index in [0.717, 1.165) is 16.9 Å². The molecule has 0 radical (unpaired) electrons. The minimum absolute atomic E-state index is 0.00428. The van der Waals surface area contributed by atoms with Gasteiger partial charge in [0.25, 0.3) is 0 Å². The number of amides is 2. The molecule has 0 saturated heterocycles. The number of rotatable bonds is 6. The van der Waals surface area contributed by atoms with Crippen LogP contribution in [-0.2, 0) is 9.59 Å². The fraction of sp³-hybridized carbons (Fsp3) is 0.471. The lowest BCUT2D eigenvalue weighted by molar-refractivity contribution is -0.125. The molecule has 130 valence electrons. The molecule has 2 rings (SSSR count). The summed E-state index contributed by atoms with van der Waals surface area (Å²) in [6.45, 7) is 7.70. The van der Waals surface area contributed by atoms with Crippen molar-refractivity contribution in [1.82, 2.24) is 20.6 Å². The molecule has 1 aromatic carbocycles. The van der Waals surface area contributed by atoms with Crippen molar-refractivity contribution in [3.8, 4) is 0 Å². The van der Waals surface area contributed by atoms with Crippen LogP contribution in [0.1, 0.15) is 38.8 Å². The van der Waals surface area contributed by atoms with E-state index in [0.29, 0.717) is 0 Å². The molecule has 3 N–H and O–H groups in total. The Morgan fingerprint density at radius 2 is 1.96 bits per heavy atom. The summed E-state index contributed by atoms with van der Waals surface area (Å²) in [6.07, 6.45) is 0. The number of carbonyl (C=O) groups is 2. The molecule has 0 aliphatic carbocycles. The van der Waals surface area contributed by atoms with E-state index in [4.69, 9.17) is 0 Å². The number of benzene rings is 1. The molecule has 1 unspecified atom stereocenters. The van der Waals surface area contributed by atoms with Gasteiger partial charge in [-0.15, -0.1) is 11.8 Å². The number of H-pyrrole nitrogens is 1. The third-order valence-corrected chi connectivity index (χ3v) is 4.37. The summed E-state index contributed by atoms with van der Waals surface area (Å²) >= 11 is 1.48. The third-order valence-electron chi connectivity index (χ3n) is 3.22. The minimum Gasteiger partial charge on any atom is -0.350 e. The highest BCUT2D eigenvalue weighted by atomic mass is 32.2. The number of para-hydroxylation sites is 2. The van der Waals surface area contributed by atoms with Gasteiger partial charge in [0.1, 0.15) is 5.82 Å². The van der Waals surface area contributed by atoms with Gasteiger partial charge in [0.2, 0.25) is 11.8 Å². The van der Waals surface area contributed by atoms with E-state index in [9.17, 15) is 9.59 Å². The van der Waals surface area contributed by atoms with E-state index in [1.54, 1.807) is 0 Å². The second kappa shape index (κ2) is 7.70. The maximum absolute atomic E-state index is 11.9. The fourth-order valence-electron chi connectivity index (χ4n) is 2.14. The maximum Gasteiger partial charge on any atom is 0.239 e. The number of thioether (sulfide) groups is 1. The zero-order valence-corrected chi connectivity index (χ0v) is 15.3. The molecule has 0 fully saturated rings. The highest BCUT2D eigenvalue weighted by molar-refractivity contribution is 8.00. The summed E-state index contributed by atoms with van der Waals surface area (Å²) in [4.78, 5) is 31.4. The summed E-state index contributed by atoms with van der Waals surface area (Å²) in [5.41, 5.74) is 1.61. The zero-order chi connectivity index (χ0) is 17.7. The Hall–Kier alpha value is -2.02. The first-order valence-electron chi connectivity index (χ1n) is 7.88. The second-order valence-corrected chi connectivity index (χ2v) is 8.00. The first-order chi connectivity index (χ1) is 11.2. The van der Waals surface area contributed by atoms with Crippen LogP contribution < -0.4 is 10.6 Å². The van der Waals surface area contributed by atoms with Crippen LogP contribution in [0, 0.1) is 0 Å². The van der Waals surface area contributed by atoms with Crippen molar-refractivity contribution in [3.05, 3.63) is 30.1 Å². The summed E-state index contributed by atoms with van der Waals surface area (Å²) in [5, 5.41) is 5.50. The van der Waals surface area contributed by atoms with Crippen molar-refractivity contribution < 1.29 is 9.59 Å². The van der Waals surface area contributed by atoms with Crippen molar-refractivity contribution in [1.29, 1.82) is 0 Å². The van der Waals surface area contributed by atoms with Crippen LogP contribution in [0.3, 0.4) is 0 Å². The predicted molar refractivity (Wildman–Crippen MR) is 97.9 cm³/mol. The molecular formula is C17H24N4O2S. The van der Waals surface area contributed by atoms with Crippen molar-refractivity contribution >= 4 is 34.6 Å². The van der Waals surface area contributed by atoms with Crippen molar-refractivity contribution in [2.75, 3.05) is 12.3 Å². The first-order valence-corrected chi connectivity index (χ1v) is 8.93. The molecule has 1 atom stereocenters. The quantitative estimate of drug-likeness (QED) is 0.748. The maximum atomic E-state index is 11.9. The second-order valence-electron chi connectivity index (χ2n) is 6.67. The topological polar surface area (TPSA) is 86.9 Å². The Morgan fingerprint density at radius 3 is 2.62 bits per heavy atom. The lowest BCUT2D eigenvalue weighted by atomic mass is 10.1. The lowest BCUT2D eigenvalue weighted by Gasteiger charge is -2.20. The van der Waals surface area contributed by atoms with Crippen LogP contribution >= 0.6 is 11.8 Å². The van der Waals surface area contributed by atoms with E-state index in [1.165, 1.54) is 11.8 Å². The largest absolute Gasteiger partial charge is 0.350 e. The molecule has 0 spiro atoms. The number of imidazole rings is 1. The van der Waals surface area contributed by atoms with Gasteiger partial charge in [0.05, 0.1) is 28.6 Å². The number of carbonyl (C=O) groups excluding carboxylic acids is 2. The van der Waals surface area contributed by atoms with Gasteiger partial charge in [-0.3, -0.25) is 9.59 Å². The van der Waals surface area contributed by atoms with E-state index < -0.39 is 0 Å². The van der Waals surface area contributed by atoms with Gasteiger partial charge in [-0.25, -0.2) is 4.98 Å². The zero-order valence-electron chi connectivity index (χ0n) is 14.5. The lowest BCUT2D eigenvalue weighted by Crippen LogP contribution is -2.46. The number of aromatic amines is 1. The number of hydrogen-bond donors (Lipinski definition) is 3. The van der Waals surface area contributed by atoms with Gasteiger partial charge in [0, 0.05) is 5.54 Å². The van der Waals surface area contributed by atoms with Crippen molar-refractivity contribution in [3.63, 3.8) is 0 Å². The van der Waals surface area contributed by atoms with Crippen molar-refractivity contribution in [2.24, 2.45) is 0 Å². The summed E-state index contributed by atoms with van der Waals surface area (Å²) in [5.74, 6) is 0.777. The standard InChI is InChI=1S/C17H24N4O2S/c1-11(16-19-12-7-5-6-8-13(12)20-16)24-10-15(23)18-9-14(22)21-17(2,3)4/h5-8,11H,9-10H2,1-4H3,(H,18,23)(H,19,20)(H,21,22). The van der Waals surface area contributed by atoms with Crippen LogP contribution in [0.15, 0.2) is 24.3 Å².